The first kappa shape index (κ1) is 26.1. The standard InChI is InChI=1S/C26H46O/c1-2-3-4-5-6-7-8-9-10-11-12-13-14-15-16-17-18-19-20-21-22-23-24-25-26-27/h27H,2-13,18-26H2,1H3. The van der Waals surface area contributed by atoms with E-state index < -0.39 is 0 Å². The van der Waals surface area contributed by atoms with Crippen molar-refractivity contribution in [3.63, 3.8) is 0 Å². The molecule has 0 fully saturated rings. The molecule has 0 aliphatic heterocycles. The van der Waals surface area contributed by atoms with Crippen LogP contribution in [-0.2, 0) is 0 Å². The van der Waals surface area contributed by atoms with E-state index in [9.17, 15) is 0 Å². The minimum absolute atomic E-state index is 0.343. The third kappa shape index (κ3) is 25.1. The van der Waals surface area contributed by atoms with Gasteiger partial charge in [0.25, 0.3) is 0 Å². The average molecular weight is 375 g/mol. The van der Waals surface area contributed by atoms with E-state index in [0.717, 1.165) is 19.3 Å². The SMILES string of the molecule is CCCCCCCCCCCCCC#CC#CCCCCCCCCCO. The molecule has 0 aromatic heterocycles. The maximum absolute atomic E-state index is 8.71. The third-order valence-electron chi connectivity index (χ3n) is 5.10. The summed E-state index contributed by atoms with van der Waals surface area (Å²) in [5, 5.41) is 8.71. The molecule has 0 saturated carbocycles. The van der Waals surface area contributed by atoms with Crippen molar-refractivity contribution in [2.75, 3.05) is 6.61 Å². The van der Waals surface area contributed by atoms with Crippen LogP contribution in [0, 0.1) is 23.7 Å². The van der Waals surface area contributed by atoms with Crippen LogP contribution in [0.1, 0.15) is 135 Å². The quantitative estimate of drug-likeness (QED) is 0.180. The number of aliphatic hydroxyl groups excluding tert-OH is 1. The number of hydrogen-bond donors (Lipinski definition) is 1. The van der Waals surface area contributed by atoms with Crippen LogP contribution < -0.4 is 0 Å². The second-order valence-corrected chi connectivity index (χ2v) is 7.84. The highest BCUT2D eigenvalue weighted by molar-refractivity contribution is 5.25. The van der Waals surface area contributed by atoms with Crippen LogP contribution in [0.25, 0.3) is 0 Å². The fraction of sp³-hybridized carbons (Fsp3) is 0.846. The Morgan fingerprint density at radius 2 is 0.778 bits per heavy atom. The lowest BCUT2D eigenvalue weighted by Crippen LogP contribution is -1.83. The summed E-state index contributed by atoms with van der Waals surface area (Å²) in [4.78, 5) is 0. The maximum atomic E-state index is 8.71. The van der Waals surface area contributed by atoms with Gasteiger partial charge in [-0.2, -0.15) is 0 Å². The second-order valence-electron chi connectivity index (χ2n) is 7.84. The second kappa shape index (κ2) is 25.1. The van der Waals surface area contributed by atoms with Crippen LogP contribution in [0.3, 0.4) is 0 Å². The Balaban J connectivity index is 3.21. The Bertz CT molecular complexity index is 390. The lowest BCUT2D eigenvalue weighted by atomic mass is 10.1. The number of aliphatic hydroxyl groups is 1. The molecule has 0 aromatic rings. The van der Waals surface area contributed by atoms with Gasteiger partial charge >= 0.3 is 0 Å². The molecule has 1 nitrogen and oxygen atoms in total. The van der Waals surface area contributed by atoms with Gasteiger partial charge in [0.2, 0.25) is 0 Å². The van der Waals surface area contributed by atoms with E-state index >= 15 is 0 Å². The molecule has 0 atom stereocenters. The normalized spacial score (nSPS) is 10.1. The Labute approximate surface area is 171 Å². The Morgan fingerprint density at radius 3 is 1.15 bits per heavy atom. The van der Waals surface area contributed by atoms with Gasteiger partial charge in [-0.1, -0.05) is 115 Å². The van der Waals surface area contributed by atoms with E-state index in [0.29, 0.717) is 6.61 Å². The van der Waals surface area contributed by atoms with Crippen LogP contribution in [0.15, 0.2) is 0 Å². The molecule has 0 spiro atoms. The van der Waals surface area contributed by atoms with Crippen molar-refractivity contribution < 1.29 is 5.11 Å². The van der Waals surface area contributed by atoms with Crippen LogP contribution in [0.2, 0.25) is 0 Å². The van der Waals surface area contributed by atoms with Gasteiger partial charge in [-0.3, -0.25) is 0 Å². The van der Waals surface area contributed by atoms with Gasteiger partial charge in [-0.05, 0) is 31.1 Å². The molecule has 0 aromatic carbocycles. The zero-order valence-electron chi connectivity index (χ0n) is 18.3. The van der Waals surface area contributed by atoms with Gasteiger partial charge in [0, 0.05) is 19.4 Å². The van der Waals surface area contributed by atoms with E-state index in [2.05, 4.69) is 30.6 Å². The molecule has 0 saturated heterocycles. The summed E-state index contributed by atoms with van der Waals surface area (Å²) in [6.45, 7) is 2.62. The minimum Gasteiger partial charge on any atom is -0.396 e. The summed E-state index contributed by atoms with van der Waals surface area (Å²) in [5.41, 5.74) is 0. The Morgan fingerprint density at radius 1 is 0.444 bits per heavy atom. The molecule has 0 rings (SSSR count). The van der Waals surface area contributed by atoms with Crippen LogP contribution in [0.5, 0.6) is 0 Å². The molecule has 0 aliphatic carbocycles. The topological polar surface area (TPSA) is 20.2 Å². The zero-order valence-corrected chi connectivity index (χ0v) is 18.3. The van der Waals surface area contributed by atoms with Crippen molar-refractivity contribution in [2.24, 2.45) is 0 Å². The van der Waals surface area contributed by atoms with Crippen molar-refractivity contribution in [2.45, 2.75) is 135 Å². The van der Waals surface area contributed by atoms with Gasteiger partial charge < -0.3 is 5.11 Å². The number of rotatable bonds is 19. The molecule has 1 N–H and O–H groups in total. The van der Waals surface area contributed by atoms with Crippen LogP contribution in [0.4, 0.5) is 0 Å². The first-order valence-corrected chi connectivity index (χ1v) is 12.0. The largest absolute Gasteiger partial charge is 0.396 e. The molecular weight excluding hydrogens is 328 g/mol. The van der Waals surface area contributed by atoms with Crippen LogP contribution in [-0.4, -0.2) is 11.7 Å². The lowest BCUT2D eigenvalue weighted by molar-refractivity contribution is 0.282. The van der Waals surface area contributed by atoms with Crippen molar-refractivity contribution in [3.05, 3.63) is 0 Å². The van der Waals surface area contributed by atoms with Crippen molar-refractivity contribution in [1.82, 2.24) is 0 Å². The Kier molecular flexibility index (Phi) is 24.2. The molecule has 0 radical (unpaired) electrons. The Hall–Kier alpha value is -0.920. The molecule has 0 aliphatic rings. The molecule has 0 heterocycles. The summed E-state index contributed by atoms with van der Waals surface area (Å²) in [6, 6.07) is 0. The first-order chi connectivity index (χ1) is 13.4. The summed E-state index contributed by atoms with van der Waals surface area (Å²) in [6.07, 6.45) is 25.8. The number of unbranched alkanes of at least 4 members (excludes halogenated alkanes) is 18. The monoisotopic (exact) mass is 374 g/mol. The van der Waals surface area contributed by atoms with Gasteiger partial charge in [0.1, 0.15) is 0 Å². The average Bonchev–Trinajstić information content (AvgIpc) is 2.68. The van der Waals surface area contributed by atoms with E-state index in [-0.39, 0.29) is 0 Å². The van der Waals surface area contributed by atoms with Crippen molar-refractivity contribution in [3.8, 4) is 23.7 Å². The predicted molar refractivity (Wildman–Crippen MR) is 121 cm³/mol. The maximum Gasteiger partial charge on any atom is 0.0431 e. The van der Waals surface area contributed by atoms with Gasteiger partial charge in [0.05, 0.1) is 0 Å². The molecular formula is C26H46O. The zero-order chi connectivity index (χ0) is 19.7. The molecule has 0 amide bonds. The fourth-order valence-corrected chi connectivity index (χ4v) is 3.30. The molecule has 27 heavy (non-hydrogen) atoms. The fourth-order valence-electron chi connectivity index (χ4n) is 3.30. The molecule has 0 bridgehead atoms. The highest BCUT2D eigenvalue weighted by atomic mass is 16.2. The van der Waals surface area contributed by atoms with Crippen LogP contribution >= 0.6 is 0 Å². The summed E-state index contributed by atoms with van der Waals surface area (Å²) >= 11 is 0. The smallest absolute Gasteiger partial charge is 0.0431 e. The van der Waals surface area contributed by atoms with Gasteiger partial charge in [-0.25, -0.2) is 0 Å². The lowest BCUT2D eigenvalue weighted by Gasteiger charge is -2.01. The molecule has 1 heteroatoms. The van der Waals surface area contributed by atoms with Crippen molar-refractivity contribution in [1.29, 1.82) is 0 Å². The number of hydrogen-bond acceptors (Lipinski definition) is 1. The molecule has 0 unspecified atom stereocenters. The summed E-state index contributed by atoms with van der Waals surface area (Å²) in [7, 11) is 0. The van der Waals surface area contributed by atoms with Gasteiger partial charge in [-0.15, -0.1) is 0 Å². The summed E-state index contributed by atoms with van der Waals surface area (Å²) < 4.78 is 0. The highest BCUT2D eigenvalue weighted by Gasteiger charge is 1.92. The van der Waals surface area contributed by atoms with Gasteiger partial charge in [0.15, 0.2) is 0 Å². The predicted octanol–water partition coefficient (Wildman–Crippen LogP) is 7.81. The third-order valence-corrected chi connectivity index (χ3v) is 5.10. The summed E-state index contributed by atoms with van der Waals surface area (Å²) in [5.74, 6) is 12.4. The highest BCUT2D eigenvalue weighted by Crippen LogP contribution is 2.11. The van der Waals surface area contributed by atoms with E-state index in [1.807, 2.05) is 0 Å². The molecule has 156 valence electrons. The van der Waals surface area contributed by atoms with E-state index in [1.165, 1.54) is 109 Å². The van der Waals surface area contributed by atoms with E-state index in [1.54, 1.807) is 0 Å². The van der Waals surface area contributed by atoms with E-state index in [4.69, 9.17) is 5.11 Å². The van der Waals surface area contributed by atoms with Crippen molar-refractivity contribution >= 4 is 0 Å². The first-order valence-electron chi connectivity index (χ1n) is 12.0. The minimum atomic E-state index is 0.343.